The average Bonchev–Trinajstić information content (AvgIpc) is 3.41. The van der Waals surface area contributed by atoms with E-state index in [-0.39, 0.29) is 11.8 Å². The molecule has 1 saturated carbocycles. The van der Waals surface area contributed by atoms with Gasteiger partial charge in [0.05, 0.1) is 5.92 Å². The van der Waals surface area contributed by atoms with Crippen LogP contribution >= 0.6 is 0 Å². The van der Waals surface area contributed by atoms with Crippen LogP contribution in [0, 0.1) is 0 Å². The highest BCUT2D eigenvalue weighted by Gasteiger charge is 2.26. The highest BCUT2D eigenvalue weighted by Crippen LogP contribution is 2.39. The van der Waals surface area contributed by atoms with E-state index in [1.54, 1.807) is 0 Å². The topological polar surface area (TPSA) is 83.8 Å². The number of amides is 1. The third-order valence-corrected chi connectivity index (χ3v) is 4.89. The molecule has 5 nitrogen and oxygen atoms in total. The van der Waals surface area contributed by atoms with E-state index in [2.05, 4.69) is 21.6 Å². The number of nitrogen functional groups attached to an aromatic ring is 1. The number of hydrogen-bond donors (Lipinski definition) is 3. The Morgan fingerprint density at radius 2 is 1.92 bits per heavy atom. The summed E-state index contributed by atoms with van der Waals surface area (Å²) in [6, 6.07) is 17.7. The molecular formula is C21H22N4O. The monoisotopic (exact) mass is 346 g/mol. The Balaban J connectivity index is 1.49. The first-order valence-corrected chi connectivity index (χ1v) is 8.92. The number of aromatic nitrogens is 2. The van der Waals surface area contributed by atoms with Crippen LogP contribution < -0.4 is 11.1 Å². The fraction of sp³-hybridized carbons (Fsp3) is 0.238. The van der Waals surface area contributed by atoms with Crippen molar-refractivity contribution in [2.75, 3.05) is 11.1 Å². The van der Waals surface area contributed by atoms with E-state index in [9.17, 15) is 4.79 Å². The Bertz CT molecular complexity index is 925. The molecule has 1 aliphatic carbocycles. The first-order valence-electron chi connectivity index (χ1n) is 8.92. The van der Waals surface area contributed by atoms with Gasteiger partial charge in [0.25, 0.3) is 0 Å². The molecule has 3 aromatic rings. The molecule has 1 heterocycles. The van der Waals surface area contributed by atoms with Crippen LogP contribution in [-0.2, 0) is 4.79 Å². The summed E-state index contributed by atoms with van der Waals surface area (Å²) in [4.78, 5) is 12.6. The molecule has 0 radical (unpaired) electrons. The smallest absolute Gasteiger partial charge is 0.232 e. The summed E-state index contributed by atoms with van der Waals surface area (Å²) in [5, 5.41) is 10.1. The summed E-state index contributed by atoms with van der Waals surface area (Å²) in [5.74, 6) is 0.846. The number of nitrogens with zero attached hydrogens (tertiary/aromatic N) is 1. The Hall–Kier alpha value is -3.08. The van der Waals surface area contributed by atoms with Crippen LogP contribution in [0.15, 0.2) is 54.6 Å². The number of nitrogens with one attached hydrogen (secondary N) is 2. The number of rotatable bonds is 5. The summed E-state index contributed by atoms with van der Waals surface area (Å²) >= 11 is 0. The second kappa shape index (κ2) is 6.67. The largest absolute Gasteiger partial charge is 0.399 e. The lowest BCUT2D eigenvalue weighted by atomic mass is 9.95. The van der Waals surface area contributed by atoms with Gasteiger partial charge in [0.2, 0.25) is 5.91 Å². The molecule has 1 unspecified atom stereocenters. The standard InChI is InChI=1S/C21H22N4O/c1-13(21(26)23-20-12-19(24-25-20)15-5-6-15)16-3-2-4-17(11-16)14-7-9-18(22)10-8-14/h2-4,7-13,15H,5-6,22H2,1H3,(H2,23,24,25,26). The third kappa shape index (κ3) is 3.47. The minimum absolute atomic E-state index is 0.0618. The molecule has 0 spiro atoms. The van der Waals surface area contributed by atoms with Crippen LogP contribution in [0.1, 0.15) is 42.9 Å². The summed E-state index contributed by atoms with van der Waals surface area (Å²) in [6.45, 7) is 1.91. The van der Waals surface area contributed by atoms with Crippen LogP contribution in [0.5, 0.6) is 0 Å². The number of carbonyl (C=O) groups excluding carboxylic acids is 1. The van der Waals surface area contributed by atoms with Crippen molar-refractivity contribution < 1.29 is 4.79 Å². The van der Waals surface area contributed by atoms with Gasteiger partial charge in [0.15, 0.2) is 5.82 Å². The predicted molar refractivity (Wildman–Crippen MR) is 104 cm³/mol. The van der Waals surface area contributed by atoms with Crippen molar-refractivity contribution in [1.82, 2.24) is 10.2 Å². The van der Waals surface area contributed by atoms with Crippen molar-refractivity contribution in [2.45, 2.75) is 31.6 Å². The van der Waals surface area contributed by atoms with Crippen molar-refractivity contribution in [3.05, 3.63) is 65.9 Å². The quantitative estimate of drug-likeness (QED) is 0.603. The van der Waals surface area contributed by atoms with Crippen molar-refractivity contribution in [3.63, 3.8) is 0 Å². The zero-order chi connectivity index (χ0) is 18.1. The lowest BCUT2D eigenvalue weighted by Crippen LogP contribution is -2.19. The molecule has 1 fully saturated rings. The molecular weight excluding hydrogens is 324 g/mol. The number of benzene rings is 2. The highest BCUT2D eigenvalue weighted by molar-refractivity contribution is 5.95. The second-order valence-electron chi connectivity index (χ2n) is 6.94. The molecule has 1 aliphatic rings. The molecule has 132 valence electrons. The summed E-state index contributed by atoms with van der Waals surface area (Å²) in [5.41, 5.74) is 10.7. The molecule has 4 rings (SSSR count). The molecule has 2 aromatic carbocycles. The van der Waals surface area contributed by atoms with Crippen molar-refractivity contribution in [2.24, 2.45) is 0 Å². The van der Waals surface area contributed by atoms with Gasteiger partial charge in [-0.3, -0.25) is 9.89 Å². The fourth-order valence-corrected chi connectivity index (χ4v) is 3.05. The van der Waals surface area contributed by atoms with Crippen LogP contribution in [-0.4, -0.2) is 16.1 Å². The fourth-order valence-electron chi connectivity index (χ4n) is 3.05. The molecule has 1 atom stereocenters. The lowest BCUT2D eigenvalue weighted by Gasteiger charge is -2.13. The Morgan fingerprint density at radius 3 is 2.65 bits per heavy atom. The Kier molecular flexibility index (Phi) is 4.21. The maximum atomic E-state index is 12.6. The molecule has 0 bridgehead atoms. The maximum absolute atomic E-state index is 12.6. The van der Waals surface area contributed by atoms with Crippen LogP contribution in [0.4, 0.5) is 11.5 Å². The van der Waals surface area contributed by atoms with Gasteiger partial charge in [-0.2, -0.15) is 5.10 Å². The Labute approximate surface area is 152 Å². The lowest BCUT2D eigenvalue weighted by molar-refractivity contribution is -0.117. The summed E-state index contributed by atoms with van der Waals surface area (Å²) in [6.07, 6.45) is 2.40. The van der Waals surface area contributed by atoms with Crippen LogP contribution in [0.3, 0.4) is 0 Å². The number of H-pyrrole nitrogens is 1. The van der Waals surface area contributed by atoms with Gasteiger partial charge >= 0.3 is 0 Å². The van der Waals surface area contributed by atoms with E-state index in [4.69, 9.17) is 5.73 Å². The maximum Gasteiger partial charge on any atom is 0.232 e. The SMILES string of the molecule is CC(C(=O)Nc1cc(C2CC2)[nH]n1)c1cccc(-c2ccc(N)cc2)c1. The van der Waals surface area contributed by atoms with Crippen molar-refractivity contribution >= 4 is 17.4 Å². The Morgan fingerprint density at radius 1 is 1.15 bits per heavy atom. The summed E-state index contributed by atoms with van der Waals surface area (Å²) < 4.78 is 0. The van der Waals surface area contributed by atoms with E-state index >= 15 is 0 Å². The van der Waals surface area contributed by atoms with Gasteiger partial charge in [-0.25, -0.2) is 0 Å². The van der Waals surface area contributed by atoms with E-state index in [0.29, 0.717) is 11.7 Å². The van der Waals surface area contributed by atoms with Gasteiger partial charge in [-0.1, -0.05) is 36.4 Å². The van der Waals surface area contributed by atoms with E-state index < -0.39 is 0 Å². The van der Waals surface area contributed by atoms with Crippen molar-refractivity contribution in [3.8, 4) is 11.1 Å². The van der Waals surface area contributed by atoms with Gasteiger partial charge in [-0.05, 0) is 48.6 Å². The highest BCUT2D eigenvalue weighted by atomic mass is 16.1. The van der Waals surface area contributed by atoms with Crippen LogP contribution in [0.2, 0.25) is 0 Å². The molecule has 1 amide bonds. The number of aromatic amines is 1. The number of carbonyl (C=O) groups is 1. The zero-order valence-corrected chi connectivity index (χ0v) is 14.7. The van der Waals surface area contributed by atoms with Crippen LogP contribution in [0.25, 0.3) is 11.1 Å². The number of nitrogens with two attached hydrogens (primary N) is 1. The van der Waals surface area contributed by atoms with Gasteiger partial charge in [0.1, 0.15) is 0 Å². The minimum atomic E-state index is -0.273. The molecule has 0 aliphatic heterocycles. The molecule has 4 N–H and O–H groups in total. The van der Waals surface area contributed by atoms with Gasteiger partial charge in [-0.15, -0.1) is 0 Å². The predicted octanol–water partition coefficient (Wildman–Crippen LogP) is 4.28. The van der Waals surface area contributed by atoms with E-state index in [1.807, 2.05) is 55.5 Å². The summed E-state index contributed by atoms with van der Waals surface area (Å²) in [7, 11) is 0. The first kappa shape index (κ1) is 16.4. The number of anilines is 2. The minimum Gasteiger partial charge on any atom is -0.399 e. The average molecular weight is 346 g/mol. The van der Waals surface area contributed by atoms with Gasteiger partial charge in [0, 0.05) is 23.4 Å². The van der Waals surface area contributed by atoms with E-state index in [1.165, 1.54) is 12.8 Å². The van der Waals surface area contributed by atoms with Gasteiger partial charge < -0.3 is 11.1 Å². The van der Waals surface area contributed by atoms with E-state index in [0.717, 1.165) is 28.1 Å². The first-order chi connectivity index (χ1) is 12.6. The molecule has 1 aromatic heterocycles. The van der Waals surface area contributed by atoms with Crippen molar-refractivity contribution in [1.29, 1.82) is 0 Å². The molecule has 5 heteroatoms. The number of hydrogen-bond acceptors (Lipinski definition) is 3. The second-order valence-corrected chi connectivity index (χ2v) is 6.94. The molecule has 26 heavy (non-hydrogen) atoms. The molecule has 0 saturated heterocycles. The zero-order valence-electron chi connectivity index (χ0n) is 14.7. The third-order valence-electron chi connectivity index (χ3n) is 4.89. The normalized spacial score (nSPS) is 14.8.